The fourth-order valence-electron chi connectivity index (χ4n) is 2.93. The molecule has 0 aliphatic heterocycles. The second kappa shape index (κ2) is 7.18. The van der Waals surface area contributed by atoms with Crippen LogP contribution in [0.4, 0.5) is 18.9 Å². The van der Waals surface area contributed by atoms with Crippen LogP contribution < -0.4 is 10.1 Å². The number of aromatic nitrogens is 2. The Hall–Kier alpha value is -3.03. The third-order valence-corrected chi connectivity index (χ3v) is 4.64. The zero-order valence-corrected chi connectivity index (χ0v) is 14.8. The van der Waals surface area contributed by atoms with Crippen molar-refractivity contribution in [3.05, 3.63) is 54.0 Å². The molecule has 0 bridgehead atoms. The first-order valence-corrected chi connectivity index (χ1v) is 8.97. The van der Waals surface area contributed by atoms with Gasteiger partial charge in [0.1, 0.15) is 11.4 Å². The van der Waals surface area contributed by atoms with Crippen molar-refractivity contribution in [2.45, 2.75) is 25.4 Å². The lowest BCUT2D eigenvalue weighted by Crippen LogP contribution is -2.12. The average Bonchev–Trinajstić information content (AvgIpc) is 3.45. The highest BCUT2D eigenvalue weighted by Crippen LogP contribution is 2.32. The molecule has 4 rings (SSSR count). The van der Waals surface area contributed by atoms with Gasteiger partial charge < -0.3 is 15.0 Å². The number of hydrogen-bond donors (Lipinski definition) is 2. The normalized spacial score (nSPS) is 14.2. The molecule has 0 saturated heterocycles. The number of hydrogen-bond acceptors (Lipinski definition) is 3. The number of fused-ring (bicyclic) bond motifs is 1. The van der Waals surface area contributed by atoms with E-state index in [9.17, 15) is 18.0 Å². The molecule has 1 aliphatic carbocycles. The summed E-state index contributed by atoms with van der Waals surface area (Å²) in [6, 6.07) is 8.01. The summed E-state index contributed by atoms with van der Waals surface area (Å²) in [6.45, 7) is 0.298. The van der Waals surface area contributed by atoms with Crippen molar-refractivity contribution in [3.63, 3.8) is 0 Å². The Morgan fingerprint density at radius 3 is 2.75 bits per heavy atom. The highest BCUT2D eigenvalue weighted by molar-refractivity contribution is 6.03. The first-order valence-electron chi connectivity index (χ1n) is 8.97. The van der Waals surface area contributed by atoms with Crippen LogP contribution in [0.3, 0.4) is 0 Å². The van der Waals surface area contributed by atoms with E-state index in [0.717, 1.165) is 47.3 Å². The van der Waals surface area contributed by atoms with Gasteiger partial charge in [0.05, 0.1) is 18.5 Å². The number of alkyl halides is 3. The minimum atomic E-state index is -4.46. The first kappa shape index (κ1) is 18.3. The zero-order chi connectivity index (χ0) is 19.7. The Morgan fingerprint density at radius 1 is 1.25 bits per heavy atom. The predicted octanol–water partition coefficient (Wildman–Crippen LogP) is 4.55. The highest BCUT2D eigenvalue weighted by atomic mass is 19.4. The Morgan fingerprint density at radius 2 is 2.07 bits per heavy atom. The number of pyridine rings is 1. The van der Waals surface area contributed by atoms with Crippen LogP contribution in [0.1, 0.15) is 24.1 Å². The number of rotatable bonds is 6. The summed E-state index contributed by atoms with van der Waals surface area (Å²) < 4.78 is 43.1. The molecule has 2 heterocycles. The van der Waals surface area contributed by atoms with Gasteiger partial charge in [0.25, 0.3) is 0 Å². The molecule has 1 fully saturated rings. The van der Waals surface area contributed by atoms with E-state index in [1.807, 2.05) is 18.2 Å². The van der Waals surface area contributed by atoms with E-state index in [0.29, 0.717) is 13.0 Å². The molecule has 3 aromatic rings. The van der Waals surface area contributed by atoms with Crippen LogP contribution in [0.15, 0.2) is 42.7 Å². The molecule has 8 heteroatoms. The quantitative estimate of drug-likeness (QED) is 0.650. The van der Waals surface area contributed by atoms with E-state index in [1.165, 1.54) is 6.07 Å². The van der Waals surface area contributed by atoms with Crippen LogP contribution >= 0.6 is 0 Å². The van der Waals surface area contributed by atoms with Crippen LogP contribution in [0, 0.1) is 5.92 Å². The van der Waals surface area contributed by atoms with E-state index in [4.69, 9.17) is 4.74 Å². The molecule has 0 atom stereocenters. The number of nitrogens with zero attached hydrogens (tertiary/aromatic N) is 1. The Bertz CT molecular complexity index is 992. The molecular weight excluding hydrogens is 371 g/mol. The Balaban J connectivity index is 1.38. The molecule has 0 unspecified atom stereocenters. The number of carbonyl (C=O) groups excluding carboxylic acids is 1. The largest absolute Gasteiger partial charge is 0.492 e. The van der Waals surface area contributed by atoms with Gasteiger partial charge in [0.2, 0.25) is 5.91 Å². The maximum Gasteiger partial charge on any atom is 0.433 e. The topological polar surface area (TPSA) is 67.0 Å². The van der Waals surface area contributed by atoms with Gasteiger partial charge in [-0.15, -0.1) is 0 Å². The van der Waals surface area contributed by atoms with Crippen molar-refractivity contribution < 1.29 is 22.7 Å². The van der Waals surface area contributed by atoms with Crippen molar-refractivity contribution in [2.75, 3.05) is 11.9 Å². The summed E-state index contributed by atoms with van der Waals surface area (Å²) in [4.78, 5) is 18.5. The van der Waals surface area contributed by atoms with Crippen LogP contribution in [-0.4, -0.2) is 22.5 Å². The lowest BCUT2D eigenvalue weighted by atomic mass is 10.1. The van der Waals surface area contributed by atoms with Crippen molar-refractivity contribution >= 4 is 22.5 Å². The van der Waals surface area contributed by atoms with Crippen molar-refractivity contribution in [1.29, 1.82) is 0 Å². The molecule has 146 valence electrons. The van der Waals surface area contributed by atoms with E-state index >= 15 is 0 Å². The molecule has 5 nitrogen and oxygen atoms in total. The molecule has 0 spiro atoms. The van der Waals surface area contributed by atoms with Crippen LogP contribution in [0.2, 0.25) is 0 Å². The molecule has 1 aliphatic rings. The van der Waals surface area contributed by atoms with Crippen LogP contribution in [-0.2, 0) is 17.4 Å². The summed E-state index contributed by atoms with van der Waals surface area (Å²) in [7, 11) is 0. The van der Waals surface area contributed by atoms with E-state index < -0.39 is 11.9 Å². The summed E-state index contributed by atoms with van der Waals surface area (Å²) in [5, 5.41) is 3.87. The van der Waals surface area contributed by atoms with Gasteiger partial charge in [-0.1, -0.05) is 6.07 Å². The predicted molar refractivity (Wildman–Crippen MR) is 98.1 cm³/mol. The summed E-state index contributed by atoms with van der Waals surface area (Å²) >= 11 is 0. The number of amides is 1. The van der Waals surface area contributed by atoms with Gasteiger partial charge in [0.15, 0.2) is 0 Å². The second-order valence-electron chi connectivity index (χ2n) is 6.82. The number of H-pyrrole nitrogens is 1. The van der Waals surface area contributed by atoms with E-state index in [2.05, 4.69) is 15.3 Å². The third kappa shape index (κ3) is 4.11. The number of halogens is 3. The maximum atomic E-state index is 12.5. The maximum absolute atomic E-state index is 12.5. The highest BCUT2D eigenvalue weighted by Gasteiger charge is 2.32. The molecule has 1 saturated carbocycles. The Labute approximate surface area is 158 Å². The zero-order valence-electron chi connectivity index (χ0n) is 14.8. The van der Waals surface area contributed by atoms with Gasteiger partial charge in [-0.25, -0.2) is 4.98 Å². The van der Waals surface area contributed by atoms with Gasteiger partial charge in [-0.2, -0.15) is 13.2 Å². The van der Waals surface area contributed by atoms with Gasteiger partial charge in [-0.05, 0) is 42.7 Å². The van der Waals surface area contributed by atoms with Gasteiger partial charge >= 0.3 is 6.18 Å². The van der Waals surface area contributed by atoms with Crippen molar-refractivity contribution in [3.8, 4) is 5.75 Å². The summed E-state index contributed by atoms with van der Waals surface area (Å²) in [5.41, 5.74) is 1.72. The minimum Gasteiger partial charge on any atom is -0.492 e. The molecule has 2 aromatic heterocycles. The SMILES string of the molecule is O=C(Nc1c[nH]c2ccc(CCOc3ccc(C(F)(F)F)nc3)cc12)C1CC1. The van der Waals surface area contributed by atoms with Gasteiger partial charge in [0, 0.05) is 29.4 Å². The number of anilines is 1. The minimum absolute atomic E-state index is 0.0458. The average molecular weight is 389 g/mol. The molecule has 1 amide bonds. The summed E-state index contributed by atoms with van der Waals surface area (Å²) in [5.74, 6) is 0.455. The number of benzene rings is 1. The fourth-order valence-corrected chi connectivity index (χ4v) is 2.93. The number of carbonyl (C=O) groups is 1. The molecule has 0 radical (unpaired) electrons. The lowest BCUT2D eigenvalue weighted by Gasteiger charge is -2.09. The number of ether oxygens (including phenoxy) is 1. The Kier molecular flexibility index (Phi) is 4.70. The molecule has 2 N–H and O–H groups in total. The molecule has 28 heavy (non-hydrogen) atoms. The van der Waals surface area contributed by atoms with Crippen LogP contribution in [0.5, 0.6) is 5.75 Å². The summed E-state index contributed by atoms with van der Waals surface area (Å²) in [6.07, 6.45) is 0.837. The first-order chi connectivity index (χ1) is 13.4. The van der Waals surface area contributed by atoms with Crippen LogP contribution in [0.25, 0.3) is 10.9 Å². The standard InChI is InChI=1S/C20H18F3N3O2/c21-20(22,23)18-6-4-14(10-25-18)28-8-7-12-1-5-16-15(9-12)17(11-24-16)26-19(27)13-2-3-13/h1,4-6,9-11,13,24H,2-3,7-8H2,(H,26,27). The number of nitrogens with one attached hydrogen (secondary N) is 2. The lowest BCUT2D eigenvalue weighted by molar-refractivity contribution is -0.141. The number of aromatic amines is 1. The molecule has 1 aromatic carbocycles. The van der Waals surface area contributed by atoms with E-state index in [1.54, 1.807) is 6.20 Å². The van der Waals surface area contributed by atoms with Gasteiger partial charge in [-0.3, -0.25) is 4.79 Å². The van der Waals surface area contributed by atoms with Crippen molar-refractivity contribution in [1.82, 2.24) is 9.97 Å². The monoisotopic (exact) mass is 389 g/mol. The van der Waals surface area contributed by atoms with Crippen molar-refractivity contribution in [2.24, 2.45) is 5.92 Å². The molecular formula is C20H18F3N3O2. The third-order valence-electron chi connectivity index (χ3n) is 4.64. The van der Waals surface area contributed by atoms with E-state index in [-0.39, 0.29) is 17.6 Å². The second-order valence-corrected chi connectivity index (χ2v) is 6.82. The smallest absolute Gasteiger partial charge is 0.433 e. The fraction of sp³-hybridized carbons (Fsp3) is 0.300.